The van der Waals surface area contributed by atoms with E-state index in [9.17, 15) is 4.79 Å². The topological polar surface area (TPSA) is 59.3 Å². The van der Waals surface area contributed by atoms with Crippen LogP contribution in [0.15, 0.2) is 53.8 Å². The Kier molecular flexibility index (Phi) is 4.98. The number of hydrogen-bond donors (Lipinski definition) is 1. The van der Waals surface area contributed by atoms with Crippen LogP contribution in [0.4, 0.5) is 0 Å². The number of pyridine rings is 1. The number of carbonyl (C=O) groups excluding carboxylic acids is 1. The van der Waals surface area contributed by atoms with Crippen molar-refractivity contribution in [2.75, 3.05) is 0 Å². The molecule has 0 unspecified atom stereocenters. The van der Waals surface area contributed by atoms with E-state index in [1.807, 2.05) is 6.92 Å². The van der Waals surface area contributed by atoms with Gasteiger partial charge in [0.2, 0.25) is 0 Å². The van der Waals surface area contributed by atoms with Crippen molar-refractivity contribution in [1.82, 2.24) is 15.0 Å². The van der Waals surface area contributed by atoms with E-state index in [4.69, 9.17) is 0 Å². The third-order valence-corrected chi connectivity index (χ3v) is 4.49. The molecular weight excluding hydrogens is 324 g/mol. The number of aryl methyl sites for hydroxylation is 3. The van der Waals surface area contributed by atoms with Gasteiger partial charge in [0.25, 0.3) is 5.91 Å². The molecular formula is C21H22N4O. The minimum absolute atomic E-state index is 0.329. The minimum Gasteiger partial charge on any atom is -0.318 e. The van der Waals surface area contributed by atoms with Gasteiger partial charge in [0.15, 0.2) is 0 Å². The van der Waals surface area contributed by atoms with Crippen molar-refractivity contribution in [3.63, 3.8) is 0 Å². The zero-order chi connectivity index (χ0) is 18.7. The fourth-order valence-corrected chi connectivity index (χ4v) is 2.90. The Bertz CT molecular complexity index is 971. The highest BCUT2D eigenvalue weighted by Gasteiger charge is 2.10. The number of hydrazone groups is 1. The normalized spacial score (nSPS) is 11.1. The SMILES string of the molecule is Cc1ccc(-n2c(C)cc(/C=N\NC(=O)c3ccccn3)c2C)cc1C. The van der Waals surface area contributed by atoms with Crippen molar-refractivity contribution in [1.29, 1.82) is 0 Å². The molecule has 0 fully saturated rings. The molecule has 1 aromatic carbocycles. The predicted molar refractivity (Wildman–Crippen MR) is 104 cm³/mol. The van der Waals surface area contributed by atoms with Gasteiger partial charge in [0.05, 0.1) is 6.21 Å². The molecule has 2 heterocycles. The number of amides is 1. The first-order chi connectivity index (χ1) is 12.5. The van der Waals surface area contributed by atoms with Crippen LogP contribution in [-0.2, 0) is 0 Å². The van der Waals surface area contributed by atoms with Crippen LogP contribution >= 0.6 is 0 Å². The molecule has 0 spiro atoms. The summed E-state index contributed by atoms with van der Waals surface area (Å²) in [6.45, 7) is 8.33. The van der Waals surface area contributed by atoms with Crippen molar-refractivity contribution in [2.24, 2.45) is 5.10 Å². The number of carbonyl (C=O) groups is 1. The summed E-state index contributed by atoms with van der Waals surface area (Å²) >= 11 is 0. The second kappa shape index (κ2) is 7.35. The largest absolute Gasteiger partial charge is 0.318 e. The van der Waals surface area contributed by atoms with Gasteiger partial charge < -0.3 is 4.57 Å². The van der Waals surface area contributed by atoms with Crippen LogP contribution in [0.3, 0.4) is 0 Å². The Morgan fingerprint density at radius 3 is 2.58 bits per heavy atom. The average Bonchev–Trinajstić information content (AvgIpc) is 2.92. The van der Waals surface area contributed by atoms with Crippen LogP contribution in [0, 0.1) is 27.7 Å². The van der Waals surface area contributed by atoms with E-state index in [1.165, 1.54) is 11.1 Å². The lowest BCUT2D eigenvalue weighted by Crippen LogP contribution is -2.18. The third-order valence-electron chi connectivity index (χ3n) is 4.49. The Morgan fingerprint density at radius 2 is 1.88 bits per heavy atom. The number of nitrogens with one attached hydrogen (secondary N) is 1. The van der Waals surface area contributed by atoms with Gasteiger partial charge in [-0.05, 0) is 69.2 Å². The van der Waals surface area contributed by atoms with E-state index < -0.39 is 0 Å². The molecule has 5 nitrogen and oxygen atoms in total. The van der Waals surface area contributed by atoms with Crippen molar-refractivity contribution < 1.29 is 4.79 Å². The first-order valence-corrected chi connectivity index (χ1v) is 8.48. The maximum Gasteiger partial charge on any atom is 0.289 e. The zero-order valence-electron chi connectivity index (χ0n) is 15.4. The standard InChI is InChI=1S/C21H22N4O/c1-14-8-9-19(11-15(14)2)25-16(3)12-18(17(25)4)13-23-24-21(26)20-7-5-6-10-22-20/h5-13H,1-4H3,(H,24,26)/b23-13-. The van der Waals surface area contributed by atoms with E-state index in [0.717, 1.165) is 22.6 Å². The second-order valence-corrected chi connectivity index (χ2v) is 6.34. The summed E-state index contributed by atoms with van der Waals surface area (Å²) in [7, 11) is 0. The lowest BCUT2D eigenvalue weighted by atomic mass is 10.1. The summed E-state index contributed by atoms with van der Waals surface area (Å²) in [5.74, 6) is -0.329. The summed E-state index contributed by atoms with van der Waals surface area (Å²) in [6, 6.07) is 13.7. The molecule has 0 bridgehead atoms. The number of benzene rings is 1. The van der Waals surface area contributed by atoms with Crippen LogP contribution in [-0.4, -0.2) is 21.7 Å². The molecule has 1 amide bonds. The Balaban J connectivity index is 1.81. The Labute approximate surface area is 153 Å². The molecule has 5 heteroatoms. The van der Waals surface area contributed by atoms with Crippen LogP contribution in [0.2, 0.25) is 0 Å². The average molecular weight is 346 g/mol. The van der Waals surface area contributed by atoms with E-state index in [1.54, 1.807) is 30.6 Å². The molecule has 3 rings (SSSR count). The second-order valence-electron chi connectivity index (χ2n) is 6.34. The van der Waals surface area contributed by atoms with Gasteiger partial charge in [-0.2, -0.15) is 5.10 Å². The molecule has 0 aliphatic carbocycles. The summed E-state index contributed by atoms with van der Waals surface area (Å²) < 4.78 is 2.19. The molecule has 0 saturated heterocycles. The van der Waals surface area contributed by atoms with E-state index >= 15 is 0 Å². The first kappa shape index (κ1) is 17.6. The fourth-order valence-electron chi connectivity index (χ4n) is 2.90. The molecule has 3 aromatic rings. The molecule has 132 valence electrons. The van der Waals surface area contributed by atoms with E-state index in [0.29, 0.717) is 5.69 Å². The van der Waals surface area contributed by atoms with Crippen LogP contribution in [0.1, 0.15) is 38.6 Å². The van der Waals surface area contributed by atoms with Gasteiger partial charge in [-0.25, -0.2) is 5.43 Å². The highest BCUT2D eigenvalue weighted by atomic mass is 16.2. The Morgan fingerprint density at radius 1 is 1.08 bits per heavy atom. The number of rotatable bonds is 4. The van der Waals surface area contributed by atoms with Gasteiger partial charge in [0.1, 0.15) is 5.69 Å². The lowest BCUT2D eigenvalue weighted by Gasteiger charge is -2.11. The maximum absolute atomic E-state index is 12.0. The molecule has 0 atom stereocenters. The molecule has 26 heavy (non-hydrogen) atoms. The van der Waals surface area contributed by atoms with Crippen LogP contribution in [0.5, 0.6) is 0 Å². The molecule has 1 N–H and O–H groups in total. The van der Waals surface area contributed by atoms with Gasteiger partial charge >= 0.3 is 0 Å². The summed E-state index contributed by atoms with van der Waals surface area (Å²) in [6.07, 6.45) is 3.25. The lowest BCUT2D eigenvalue weighted by molar-refractivity contribution is 0.0950. The number of nitrogens with zero attached hydrogens (tertiary/aromatic N) is 3. The summed E-state index contributed by atoms with van der Waals surface area (Å²) in [5, 5.41) is 4.08. The van der Waals surface area contributed by atoms with Crippen molar-refractivity contribution in [2.45, 2.75) is 27.7 Å². The highest BCUT2D eigenvalue weighted by molar-refractivity contribution is 5.93. The van der Waals surface area contributed by atoms with Crippen LogP contribution in [0.25, 0.3) is 5.69 Å². The zero-order valence-corrected chi connectivity index (χ0v) is 15.4. The highest BCUT2D eigenvalue weighted by Crippen LogP contribution is 2.21. The smallest absolute Gasteiger partial charge is 0.289 e. The third kappa shape index (κ3) is 3.57. The molecule has 2 aromatic heterocycles. The molecule has 0 saturated carbocycles. The van der Waals surface area contributed by atoms with Crippen molar-refractivity contribution in [3.8, 4) is 5.69 Å². The number of aromatic nitrogens is 2. The summed E-state index contributed by atoms with van der Waals surface area (Å²) in [4.78, 5) is 16.0. The quantitative estimate of drug-likeness (QED) is 0.576. The van der Waals surface area contributed by atoms with Gasteiger partial charge in [0, 0.05) is 28.8 Å². The molecule has 0 aliphatic heterocycles. The van der Waals surface area contributed by atoms with E-state index in [2.05, 4.69) is 65.1 Å². The molecule has 0 radical (unpaired) electrons. The number of hydrogen-bond acceptors (Lipinski definition) is 3. The van der Waals surface area contributed by atoms with Gasteiger partial charge in [-0.3, -0.25) is 9.78 Å². The molecule has 0 aliphatic rings. The monoisotopic (exact) mass is 346 g/mol. The maximum atomic E-state index is 12.0. The van der Waals surface area contributed by atoms with E-state index in [-0.39, 0.29) is 5.91 Å². The minimum atomic E-state index is -0.329. The van der Waals surface area contributed by atoms with Gasteiger partial charge in [-0.1, -0.05) is 12.1 Å². The van der Waals surface area contributed by atoms with Crippen LogP contribution < -0.4 is 5.43 Å². The predicted octanol–water partition coefficient (Wildman–Crippen LogP) is 3.87. The first-order valence-electron chi connectivity index (χ1n) is 8.48. The Hall–Kier alpha value is -3.21. The fraction of sp³-hybridized carbons (Fsp3) is 0.190. The van der Waals surface area contributed by atoms with Crippen molar-refractivity contribution in [3.05, 3.63) is 82.4 Å². The van der Waals surface area contributed by atoms with Crippen molar-refractivity contribution >= 4 is 12.1 Å². The van der Waals surface area contributed by atoms with Gasteiger partial charge in [-0.15, -0.1) is 0 Å². The summed E-state index contributed by atoms with van der Waals surface area (Å²) in [5.41, 5.74) is 9.66.